The third-order valence-electron chi connectivity index (χ3n) is 3.50. The van der Waals surface area contributed by atoms with Gasteiger partial charge in [-0.3, -0.25) is 0 Å². The second kappa shape index (κ2) is 6.36. The van der Waals surface area contributed by atoms with Crippen molar-refractivity contribution in [2.45, 2.75) is 0 Å². The van der Waals surface area contributed by atoms with E-state index < -0.39 is 5.97 Å². The first-order valence-electron chi connectivity index (χ1n) is 7.11. The van der Waals surface area contributed by atoms with Gasteiger partial charge in [0, 0.05) is 5.56 Å². The van der Waals surface area contributed by atoms with Crippen LogP contribution in [-0.2, 0) is 4.74 Å². The highest BCUT2D eigenvalue weighted by Gasteiger charge is 2.13. The van der Waals surface area contributed by atoms with Gasteiger partial charge in [-0.05, 0) is 30.4 Å². The lowest BCUT2D eigenvalue weighted by Crippen LogP contribution is -2.01. The Morgan fingerprint density at radius 3 is 2.70 bits per heavy atom. The van der Waals surface area contributed by atoms with Crippen LogP contribution >= 0.6 is 0 Å². The summed E-state index contributed by atoms with van der Waals surface area (Å²) >= 11 is 0. The molecule has 0 aliphatic heterocycles. The van der Waals surface area contributed by atoms with Crippen LogP contribution in [0.1, 0.15) is 21.7 Å². The Morgan fingerprint density at radius 2 is 1.91 bits per heavy atom. The maximum absolute atomic E-state index is 11.8. The summed E-state index contributed by atoms with van der Waals surface area (Å²) in [7, 11) is 2.99. The number of carbonyl (C=O) groups excluding carboxylic acids is 1. The number of hydrogen-bond donors (Lipinski definition) is 1. The van der Waals surface area contributed by atoms with Crippen LogP contribution in [0, 0.1) is 0 Å². The Hall–Kier alpha value is -3.08. The maximum atomic E-state index is 11.8. The number of carbonyl (C=O) groups is 1. The molecule has 3 rings (SSSR count). The van der Waals surface area contributed by atoms with E-state index in [1.165, 1.54) is 7.11 Å². The van der Waals surface area contributed by atoms with Crippen molar-refractivity contribution in [3.8, 4) is 5.75 Å². The monoisotopic (exact) mass is 308 g/mol. The number of rotatable bonds is 4. The lowest BCUT2D eigenvalue weighted by molar-refractivity contribution is 0.0603. The zero-order valence-corrected chi connectivity index (χ0v) is 12.9. The molecule has 0 radical (unpaired) electrons. The highest BCUT2D eigenvalue weighted by atomic mass is 16.5. The van der Waals surface area contributed by atoms with Crippen molar-refractivity contribution in [3.05, 3.63) is 59.4 Å². The number of para-hydroxylation sites is 2. The molecular formula is C18H16N2O3. The van der Waals surface area contributed by atoms with E-state index in [1.807, 2.05) is 42.5 Å². The van der Waals surface area contributed by atoms with Crippen molar-refractivity contribution < 1.29 is 14.3 Å². The molecule has 0 amide bonds. The van der Waals surface area contributed by atoms with Crippen LogP contribution in [0.15, 0.2) is 42.5 Å². The van der Waals surface area contributed by atoms with Crippen molar-refractivity contribution in [2.24, 2.45) is 0 Å². The first-order chi connectivity index (χ1) is 11.2. The number of methoxy groups -OCH3 is 2. The Balaban J connectivity index is 1.98. The number of esters is 1. The fraction of sp³-hybridized carbons (Fsp3) is 0.111. The molecule has 0 spiro atoms. The molecule has 1 N–H and O–H groups in total. The molecule has 116 valence electrons. The Labute approximate surface area is 133 Å². The predicted molar refractivity (Wildman–Crippen MR) is 89.4 cm³/mol. The maximum Gasteiger partial charge on any atom is 0.340 e. The normalized spacial score (nSPS) is 11.0. The zero-order chi connectivity index (χ0) is 16.2. The molecule has 0 saturated heterocycles. The Bertz CT molecular complexity index is 881. The number of nitrogens with zero attached hydrogens (tertiary/aromatic N) is 1. The van der Waals surface area contributed by atoms with Gasteiger partial charge in [0.2, 0.25) is 0 Å². The van der Waals surface area contributed by atoms with Gasteiger partial charge in [-0.1, -0.05) is 24.3 Å². The minimum absolute atomic E-state index is 0.401. The molecule has 3 aromatic rings. The molecule has 2 aromatic carbocycles. The van der Waals surface area contributed by atoms with Crippen molar-refractivity contribution in [1.82, 2.24) is 9.97 Å². The van der Waals surface area contributed by atoms with E-state index in [4.69, 9.17) is 9.47 Å². The van der Waals surface area contributed by atoms with Gasteiger partial charge in [0.05, 0.1) is 25.3 Å². The summed E-state index contributed by atoms with van der Waals surface area (Å²) < 4.78 is 10.1. The molecule has 0 fully saturated rings. The molecule has 0 atom stereocenters. The van der Waals surface area contributed by atoms with Crippen molar-refractivity contribution >= 4 is 29.2 Å². The fourth-order valence-corrected chi connectivity index (χ4v) is 2.38. The molecule has 1 aromatic heterocycles. The molecule has 23 heavy (non-hydrogen) atoms. The number of H-pyrrole nitrogens is 1. The molecule has 0 unspecified atom stereocenters. The zero-order valence-electron chi connectivity index (χ0n) is 12.9. The number of nitrogens with one attached hydrogen (secondary N) is 1. The molecule has 0 aliphatic rings. The van der Waals surface area contributed by atoms with E-state index in [9.17, 15) is 4.79 Å². The van der Waals surface area contributed by atoms with E-state index in [1.54, 1.807) is 19.2 Å². The van der Waals surface area contributed by atoms with Gasteiger partial charge in [0.25, 0.3) is 0 Å². The van der Waals surface area contributed by atoms with Crippen LogP contribution in [-0.4, -0.2) is 30.2 Å². The number of benzene rings is 2. The fourth-order valence-electron chi connectivity index (χ4n) is 2.38. The summed E-state index contributed by atoms with van der Waals surface area (Å²) in [5, 5.41) is 0. The molecule has 0 bridgehead atoms. The van der Waals surface area contributed by atoms with Gasteiger partial charge >= 0.3 is 5.97 Å². The minimum atomic E-state index is -0.401. The minimum Gasteiger partial charge on any atom is -0.496 e. The van der Waals surface area contributed by atoms with Crippen LogP contribution in [0.3, 0.4) is 0 Å². The Kier molecular flexibility index (Phi) is 4.10. The van der Waals surface area contributed by atoms with Gasteiger partial charge in [0.1, 0.15) is 17.1 Å². The topological polar surface area (TPSA) is 64.2 Å². The van der Waals surface area contributed by atoms with Crippen molar-refractivity contribution in [1.29, 1.82) is 0 Å². The van der Waals surface area contributed by atoms with Crippen LogP contribution in [0.25, 0.3) is 23.2 Å². The van der Waals surface area contributed by atoms with Crippen LogP contribution in [0.5, 0.6) is 5.75 Å². The summed E-state index contributed by atoms with van der Waals surface area (Å²) in [6.45, 7) is 0. The molecular weight excluding hydrogens is 292 g/mol. The summed E-state index contributed by atoms with van der Waals surface area (Å²) in [4.78, 5) is 19.4. The second-order valence-corrected chi connectivity index (χ2v) is 4.89. The SMILES string of the molecule is COC(=O)c1cccc2[nH]c(/C=C/c3ccccc3OC)nc12. The van der Waals surface area contributed by atoms with Gasteiger partial charge < -0.3 is 14.5 Å². The smallest absolute Gasteiger partial charge is 0.340 e. The Morgan fingerprint density at radius 1 is 1.09 bits per heavy atom. The molecule has 0 aliphatic carbocycles. The number of aromatic amines is 1. The lowest BCUT2D eigenvalue weighted by Gasteiger charge is -2.02. The number of ether oxygens (including phenoxy) is 2. The van der Waals surface area contributed by atoms with Gasteiger partial charge in [-0.15, -0.1) is 0 Å². The first-order valence-corrected chi connectivity index (χ1v) is 7.11. The summed E-state index contributed by atoms with van der Waals surface area (Å²) in [5.41, 5.74) is 2.77. The van der Waals surface area contributed by atoms with Crippen LogP contribution in [0.4, 0.5) is 0 Å². The average Bonchev–Trinajstić information content (AvgIpc) is 3.02. The third-order valence-corrected chi connectivity index (χ3v) is 3.50. The number of aromatic nitrogens is 2. The largest absolute Gasteiger partial charge is 0.496 e. The lowest BCUT2D eigenvalue weighted by atomic mass is 10.2. The van der Waals surface area contributed by atoms with E-state index in [-0.39, 0.29) is 0 Å². The highest BCUT2D eigenvalue weighted by Crippen LogP contribution is 2.21. The summed E-state index contributed by atoms with van der Waals surface area (Å²) in [6.07, 6.45) is 3.76. The molecule has 1 heterocycles. The van der Waals surface area contributed by atoms with Crippen molar-refractivity contribution in [2.75, 3.05) is 14.2 Å². The van der Waals surface area contributed by atoms with Crippen LogP contribution < -0.4 is 4.74 Å². The standard InChI is InChI=1S/C18H16N2O3/c1-22-15-9-4-3-6-12(15)10-11-16-19-14-8-5-7-13(17(14)20-16)18(21)23-2/h3-11H,1-2H3,(H,19,20)/b11-10+. The summed E-state index contributed by atoms with van der Waals surface area (Å²) in [5.74, 6) is 1.04. The number of imidazole rings is 1. The summed E-state index contributed by atoms with van der Waals surface area (Å²) in [6, 6.07) is 13.1. The highest BCUT2D eigenvalue weighted by molar-refractivity contribution is 6.02. The van der Waals surface area contributed by atoms with Crippen LogP contribution in [0.2, 0.25) is 0 Å². The predicted octanol–water partition coefficient (Wildman–Crippen LogP) is 3.53. The van der Waals surface area contributed by atoms with Crippen molar-refractivity contribution in [3.63, 3.8) is 0 Å². The number of hydrogen-bond acceptors (Lipinski definition) is 4. The molecule has 0 saturated carbocycles. The van der Waals surface area contributed by atoms with E-state index in [2.05, 4.69) is 9.97 Å². The second-order valence-electron chi connectivity index (χ2n) is 4.89. The van der Waals surface area contributed by atoms with E-state index >= 15 is 0 Å². The quantitative estimate of drug-likeness (QED) is 0.749. The first kappa shape index (κ1) is 14.8. The van der Waals surface area contributed by atoms with Gasteiger partial charge in [-0.25, -0.2) is 9.78 Å². The number of fused-ring (bicyclic) bond motifs is 1. The van der Waals surface area contributed by atoms with Gasteiger partial charge in [-0.2, -0.15) is 0 Å². The molecule has 5 nitrogen and oxygen atoms in total. The van der Waals surface area contributed by atoms with E-state index in [0.717, 1.165) is 16.8 Å². The third kappa shape index (κ3) is 2.94. The van der Waals surface area contributed by atoms with E-state index in [0.29, 0.717) is 16.9 Å². The molecule has 5 heteroatoms. The van der Waals surface area contributed by atoms with Gasteiger partial charge in [0.15, 0.2) is 0 Å². The average molecular weight is 308 g/mol.